The first-order chi connectivity index (χ1) is 11.2. The van der Waals surface area contributed by atoms with Crippen molar-refractivity contribution in [2.75, 3.05) is 6.54 Å². The minimum atomic E-state index is 0.481. The van der Waals surface area contributed by atoms with Crippen molar-refractivity contribution >= 4 is 0 Å². The molecule has 1 aliphatic heterocycles. The molecule has 1 aromatic heterocycles. The topological polar surface area (TPSA) is 57.7 Å². The highest BCUT2D eigenvalue weighted by Gasteiger charge is 2.24. The number of rotatable bonds is 4. The van der Waals surface area contributed by atoms with Crippen LogP contribution in [-0.4, -0.2) is 32.3 Å². The third kappa shape index (κ3) is 3.77. The number of piperidine rings is 1. The Labute approximate surface area is 137 Å². The van der Waals surface area contributed by atoms with Gasteiger partial charge in [0.05, 0.1) is 18.2 Å². The molecule has 1 saturated heterocycles. The van der Waals surface area contributed by atoms with Gasteiger partial charge in [-0.3, -0.25) is 4.90 Å². The molecule has 1 unspecified atom stereocenters. The zero-order valence-electron chi connectivity index (χ0n) is 13.9. The summed E-state index contributed by atoms with van der Waals surface area (Å²) < 4.78 is 2.03. The van der Waals surface area contributed by atoms with E-state index in [4.69, 9.17) is 5.26 Å². The normalized spacial score (nSPS) is 18.7. The van der Waals surface area contributed by atoms with Crippen LogP contribution in [-0.2, 0) is 13.1 Å². The van der Waals surface area contributed by atoms with Crippen molar-refractivity contribution in [2.24, 2.45) is 0 Å². The van der Waals surface area contributed by atoms with Gasteiger partial charge >= 0.3 is 0 Å². The van der Waals surface area contributed by atoms with E-state index in [1.807, 2.05) is 36.7 Å². The van der Waals surface area contributed by atoms with Crippen LogP contribution in [0.3, 0.4) is 0 Å². The maximum atomic E-state index is 9.07. The number of aromatic nitrogens is 3. The van der Waals surface area contributed by atoms with E-state index in [1.54, 1.807) is 0 Å². The molecule has 0 saturated carbocycles. The fourth-order valence-corrected chi connectivity index (χ4v) is 3.38. The van der Waals surface area contributed by atoms with Crippen LogP contribution in [0.5, 0.6) is 0 Å². The molecule has 2 aromatic rings. The zero-order chi connectivity index (χ0) is 16.2. The first kappa shape index (κ1) is 15.7. The Balaban J connectivity index is 1.73. The third-order valence-electron chi connectivity index (χ3n) is 4.54. The lowest BCUT2D eigenvalue weighted by Crippen LogP contribution is -2.41. The summed E-state index contributed by atoms with van der Waals surface area (Å²) >= 11 is 0. The van der Waals surface area contributed by atoms with E-state index in [-0.39, 0.29) is 0 Å². The Morgan fingerprint density at radius 3 is 2.91 bits per heavy atom. The fraction of sp³-hybridized carbons (Fsp3) is 0.500. The number of nitriles is 1. The van der Waals surface area contributed by atoms with E-state index in [9.17, 15) is 0 Å². The Kier molecular flexibility index (Phi) is 4.73. The zero-order valence-corrected chi connectivity index (χ0v) is 13.9. The predicted octanol–water partition coefficient (Wildman–Crippen LogP) is 2.82. The van der Waals surface area contributed by atoms with Gasteiger partial charge in [0.25, 0.3) is 0 Å². The molecule has 1 fully saturated rings. The number of hydrogen-bond donors (Lipinski definition) is 0. The van der Waals surface area contributed by atoms with E-state index < -0.39 is 0 Å². The van der Waals surface area contributed by atoms with Crippen molar-refractivity contribution in [3.63, 3.8) is 0 Å². The van der Waals surface area contributed by atoms with Gasteiger partial charge < -0.3 is 0 Å². The minimum Gasteiger partial charge on any atom is -0.294 e. The highest BCUT2D eigenvalue weighted by molar-refractivity contribution is 5.32. The fourth-order valence-electron chi connectivity index (χ4n) is 3.38. The molecule has 0 aliphatic carbocycles. The van der Waals surface area contributed by atoms with Crippen molar-refractivity contribution in [2.45, 2.75) is 52.2 Å². The van der Waals surface area contributed by atoms with Crippen LogP contribution in [0.1, 0.15) is 42.0 Å². The molecular weight excluding hydrogens is 286 g/mol. The van der Waals surface area contributed by atoms with E-state index >= 15 is 0 Å². The molecule has 1 aromatic carbocycles. The summed E-state index contributed by atoms with van der Waals surface area (Å²) in [5, 5.41) is 13.6. The predicted molar refractivity (Wildman–Crippen MR) is 88.7 cm³/mol. The number of likely N-dealkylation sites (tertiary alicyclic amines) is 1. The number of hydrogen-bond acceptors (Lipinski definition) is 4. The van der Waals surface area contributed by atoms with Gasteiger partial charge in [-0.2, -0.15) is 10.4 Å². The lowest BCUT2D eigenvalue weighted by atomic mass is 10.0. The lowest BCUT2D eigenvalue weighted by Gasteiger charge is -2.35. The van der Waals surface area contributed by atoms with E-state index in [0.29, 0.717) is 6.04 Å². The number of benzene rings is 1. The van der Waals surface area contributed by atoms with E-state index in [1.165, 1.54) is 24.8 Å². The van der Waals surface area contributed by atoms with Gasteiger partial charge in [-0.05, 0) is 50.9 Å². The summed E-state index contributed by atoms with van der Waals surface area (Å²) in [4.78, 5) is 6.93. The molecule has 120 valence electrons. The van der Waals surface area contributed by atoms with Gasteiger partial charge in [0.15, 0.2) is 0 Å². The Hall–Kier alpha value is -2.19. The largest absolute Gasteiger partial charge is 0.294 e. The minimum absolute atomic E-state index is 0.481. The van der Waals surface area contributed by atoms with Crippen molar-refractivity contribution < 1.29 is 0 Å². The molecule has 2 heterocycles. The lowest BCUT2D eigenvalue weighted by molar-refractivity contribution is 0.121. The van der Waals surface area contributed by atoms with Gasteiger partial charge in [-0.15, -0.1) is 0 Å². The average Bonchev–Trinajstić information content (AvgIpc) is 2.87. The molecule has 0 spiro atoms. The van der Waals surface area contributed by atoms with E-state index in [0.717, 1.165) is 36.8 Å². The monoisotopic (exact) mass is 309 g/mol. The second kappa shape index (κ2) is 6.93. The van der Waals surface area contributed by atoms with Crippen LogP contribution in [0.2, 0.25) is 0 Å². The highest BCUT2D eigenvalue weighted by atomic mass is 15.4. The van der Waals surface area contributed by atoms with Gasteiger partial charge in [0.1, 0.15) is 11.6 Å². The van der Waals surface area contributed by atoms with Crippen LogP contribution >= 0.6 is 0 Å². The number of nitrogens with zero attached hydrogens (tertiary/aromatic N) is 5. The first-order valence-corrected chi connectivity index (χ1v) is 8.27. The summed E-state index contributed by atoms with van der Waals surface area (Å²) in [7, 11) is 0. The number of aryl methyl sites for hydroxylation is 2. The van der Waals surface area contributed by atoms with Crippen molar-refractivity contribution in [1.29, 1.82) is 5.26 Å². The summed E-state index contributed by atoms with van der Waals surface area (Å²) in [6.07, 6.45) is 3.70. The van der Waals surface area contributed by atoms with Gasteiger partial charge in [0, 0.05) is 12.6 Å². The van der Waals surface area contributed by atoms with Gasteiger partial charge in [-0.1, -0.05) is 18.6 Å². The molecule has 1 atom stereocenters. The summed E-state index contributed by atoms with van der Waals surface area (Å²) in [6.45, 7) is 6.85. The van der Waals surface area contributed by atoms with E-state index in [2.05, 4.69) is 27.1 Å². The Bertz CT molecular complexity index is 712. The van der Waals surface area contributed by atoms with Crippen molar-refractivity contribution in [3.05, 3.63) is 47.0 Å². The molecular formula is C18H23N5. The SMILES string of the molecule is Cc1nc(C)n(CC2CCCCN2Cc2cccc(C#N)c2)n1. The molecule has 23 heavy (non-hydrogen) atoms. The quantitative estimate of drug-likeness (QED) is 0.871. The average molecular weight is 309 g/mol. The maximum Gasteiger partial charge on any atom is 0.147 e. The molecule has 0 bridgehead atoms. The second-order valence-electron chi connectivity index (χ2n) is 6.32. The molecule has 5 heteroatoms. The summed E-state index contributed by atoms with van der Waals surface area (Å²) in [5.41, 5.74) is 1.95. The first-order valence-electron chi connectivity index (χ1n) is 8.27. The van der Waals surface area contributed by atoms with Crippen LogP contribution in [0, 0.1) is 25.2 Å². The molecule has 3 rings (SSSR count). The Morgan fingerprint density at radius 1 is 1.30 bits per heavy atom. The van der Waals surface area contributed by atoms with Crippen LogP contribution in [0.25, 0.3) is 0 Å². The van der Waals surface area contributed by atoms with Gasteiger partial charge in [0.2, 0.25) is 0 Å². The second-order valence-corrected chi connectivity index (χ2v) is 6.32. The third-order valence-corrected chi connectivity index (χ3v) is 4.54. The van der Waals surface area contributed by atoms with Crippen LogP contribution in [0.4, 0.5) is 0 Å². The van der Waals surface area contributed by atoms with Crippen molar-refractivity contribution in [1.82, 2.24) is 19.7 Å². The highest BCUT2D eigenvalue weighted by Crippen LogP contribution is 2.21. The maximum absolute atomic E-state index is 9.07. The molecule has 5 nitrogen and oxygen atoms in total. The van der Waals surface area contributed by atoms with Crippen molar-refractivity contribution in [3.8, 4) is 6.07 Å². The Morgan fingerprint density at radius 2 is 2.17 bits per heavy atom. The molecule has 0 N–H and O–H groups in total. The molecule has 1 aliphatic rings. The summed E-state index contributed by atoms with van der Waals surface area (Å²) in [5.74, 6) is 1.83. The molecule has 0 radical (unpaired) electrons. The standard InChI is InChI=1S/C18H23N5/c1-14-20-15(2)23(21-14)13-18-8-3-4-9-22(18)12-17-7-5-6-16(10-17)11-19/h5-7,10,18H,3-4,8-9,12-13H2,1-2H3. The molecule has 0 amide bonds. The van der Waals surface area contributed by atoms with Gasteiger partial charge in [-0.25, -0.2) is 9.67 Å². The van der Waals surface area contributed by atoms with Crippen LogP contribution in [0.15, 0.2) is 24.3 Å². The van der Waals surface area contributed by atoms with Crippen LogP contribution < -0.4 is 0 Å². The summed E-state index contributed by atoms with van der Waals surface area (Å²) in [6, 6.07) is 10.6. The smallest absolute Gasteiger partial charge is 0.147 e.